The number of anilines is 4. The van der Waals surface area contributed by atoms with E-state index < -0.39 is 10.0 Å². The lowest BCUT2D eigenvalue weighted by atomic mass is 9.97. The minimum Gasteiger partial charge on any atom is -0.378 e. The molecule has 1 aliphatic rings. The summed E-state index contributed by atoms with van der Waals surface area (Å²) in [6, 6.07) is 26.9. The maximum atomic E-state index is 13.1. The van der Waals surface area contributed by atoms with E-state index in [0.717, 1.165) is 41.7 Å². The third kappa shape index (κ3) is 7.34. The zero-order valence-corrected chi connectivity index (χ0v) is 24.2. The molecule has 9 nitrogen and oxygen atoms in total. The molecule has 42 heavy (non-hydrogen) atoms. The van der Waals surface area contributed by atoms with Gasteiger partial charge in [0.2, 0.25) is 10.0 Å². The fraction of sp³-hybridized carbons (Fsp3) is 0.188. The number of hydrogen-bond donors (Lipinski definition) is 3. The summed E-state index contributed by atoms with van der Waals surface area (Å²) in [6.45, 7) is 5.10. The Hall–Kier alpha value is -4.67. The monoisotopic (exact) mass is 584 g/mol. The summed E-state index contributed by atoms with van der Waals surface area (Å²) < 4.78 is 30.8. The van der Waals surface area contributed by atoms with Crippen LogP contribution in [-0.2, 0) is 14.8 Å². The minimum absolute atomic E-state index is 0.209. The van der Waals surface area contributed by atoms with Gasteiger partial charge in [0.05, 0.1) is 25.2 Å². The van der Waals surface area contributed by atoms with Gasteiger partial charge in [-0.05, 0) is 90.3 Å². The molecule has 0 radical (unpaired) electrons. The second-order valence-corrected chi connectivity index (χ2v) is 11.9. The Morgan fingerprint density at radius 3 is 2.05 bits per heavy atom. The quantitative estimate of drug-likeness (QED) is 0.256. The van der Waals surface area contributed by atoms with Crippen molar-refractivity contribution in [1.82, 2.24) is 0 Å². The van der Waals surface area contributed by atoms with E-state index in [-0.39, 0.29) is 11.8 Å². The molecule has 3 N–H and O–H groups in total. The molecule has 4 aromatic carbocycles. The Morgan fingerprint density at radius 2 is 1.36 bits per heavy atom. The Morgan fingerprint density at radius 1 is 0.738 bits per heavy atom. The highest BCUT2D eigenvalue weighted by Crippen LogP contribution is 2.27. The van der Waals surface area contributed by atoms with Gasteiger partial charge >= 0.3 is 0 Å². The molecule has 4 aromatic rings. The van der Waals surface area contributed by atoms with Gasteiger partial charge in [-0.2, -0.15) is 0 Å². The topological polar surface area (TPSA) is 117 Å². The first-order valence-corrected chi connectivity index (χ1v) is 15.4. The summed E-state index contributed by atoms with van der Waals surface area (Å²) in [5, 5.41) is 5.77. The predicted octanol–water partition coefficient (Wildman–Crippen LogP) is 5.37. The average molecular weight is 585 g/mol. The molecule has 1 heterocycles. The first kappa shape index (κ1) is 28.8. The van der Waals surface area contributed by atoms with Crippen molar-refractivity contribution in [3.8, 4) is 11.1 Å². The normalized spacial score (nSPS) is 13.3. The number of carbonyl (C=O) groups is 2. The lowest BCUT2D eigenvalue weighted by molar-refractivity contribution is 0.101. The SMILES string of the molecule is Cc1ccc(C(=O)Nc2ccc(N3CCOCC3)cc2)cc1-c1ccc(C(=O)Nc2cccc(NS(C)(=O)=O)c2)cc1. The number of nitrogens with one attached hydrogen (secondary N) is 3. The zero-order chi connectivity index (χ0) is 29.7. The number of rotatable bonds is 8. The molecule has 0 unspecified atom stereocenters. The van der Waals surface area contributed by atoms with Gasteiger partial charge in [-0.3, -0.25) is 14.3 Å². The smallest absolute Gasteiger partial charge is 0.255 e. The van der Waals surface area contributed by atoms with Crippen LogP contribution in [0.5, 0.6) is 0 Å². The summed E-state index contributed by atoms with van der Waals surface area (Å²) in [6.07, 6.45) is 1.06. The summed E-state index contributed by atoms with van der Waals surface area (Å²) >= 11 is 0. The van der Waals surface area contributed by atoms with Gasteiger partial charge in [0.25, 0.3) is 11.8 Å². The second-order valence-electron chi connectivity index (χ2n) is 10.1. The highest BCUT2D eigenvalue weighted by atomic mass is 32.2. The van der Waals surface area contributed by atoms with E-state index in [1.54, 1.807) is 42.5 Å². The first-order valence-electron chi connectivity index (χ1n) is 13.5. The van der Waals surface area contributed by atoms with Crippen molar-refractivity contribution >= 4 is 44.6 Å². The Balaban J connectivity index is 1.25. The standard InChI is InChI=1S/C32H32N4O5S/c1-22-6-7-25(32(38)33-26-12-14-29(15-13-26)36-16-18-41-19-17-36)20-30(22)23-8-10-24(11-9-23)31(37)34-27-4-3-5-28(21-27)35-42(2,39)40/h3-15,20-21,35H,16-19H2,1-2H3,(H,33,38)(H,34,37). The molecule has 0 aliphatic carbocycles. The van der Waals surface area contributed by atoms with Gasteiger partial charge in [0.15, 0.2) is 0 Å². The third-order valence-corrected chi connectivity index (χ3v) is 7.49. The summed E-state index contributed by atoms with van der Waals surface area (Å²) in [7, 11) is -3.43. The largest absolute Gasteiger partial charge is 0.378 e. The Labute approximate surface area is 245 Å². The van der Waals surface area contributed by atoms with Crippen molar-refractivity contribution in [3.63, 3.8) is 0 Å². The maximum absolute atomic E-state index is 13.1. The van der Waals surface area contributed by atoms with Crippen LogP contribution in [0.1, 0.15) is 26.3 Å². The van der Waals surface area contributed by atoms with Crippen molar-refractivity contribution in [2.45, 2.75) is 6.92 Å². The fourth-order valence-electron chi connectivity index (χ4n) is 4.73. The second kappa shape index (κ2) is 12.5. The Kier molecular flexibility index (Phi) is 8.56. The van der Waals surface area contributed by atoms with Crippen LogP contribution < -0.4 is 20.3 Å². The number of ether oxygens (including phenoxy) is 1. The van der Waals surface area contributed by atoms with Gasteiger partial charge < -0.3 is 20.3 Å². The molecule has 0 aromatic heterocycles. The first-order chi connectivity index (χ1) is 20.1. The molecule has 1 fully saturated rings. The van der Waals surface area contributed by atoms with E-state index in [9.17, 15) is 18.0 Å². The number of hydrogen-bond acceptors (Lipinski definition) is 6. The number of benzene rings is 4. The van der Waals surface area contributed by atoms with Gasteiger partial charge in [-0.25, -0.2) is 8.42 Å². The van der Waals surface area contributed by atoms with Crippen molar-refractivity contribution in [2.24, 2.45) is 0 Å². The van der Waals surface area contributed by atoms with Crippen LogP contribution in [0.3, 0.4) is 0 Å². The van der Waals surface area contributed by atoms with E-state index in [4.69, 9.17) is 4.74 Å². The highest BCUT2D eigenvalue weighted by Gasteiger charge is 2.14. The third-order valence-electron chi connectivity index (χ3n) is 6.88. The van der Waals surface area contributed by atoms with Crippen molar-refractivity contribution in [3.05, 3.63) is 108 Å². The summed E-state index contributed by atoms with van der Waals surface area (Å²) in [5.74, 6) is -0.540. The average Bonchev–Trinajstić information content (AvgIpc) is 2.97. The number of sulfonamides is 1. The summed E-state index contributed by atoms with van der Waals surface area (Å²) in [5.41, 5.74) is 6.34. The van der Waals surface area contributed by atoms with Crippen LogP contribution in [0.25, 0.3) is 11.1 Å². The number of aryl methyl sites for hydroxylation is 1. The Bertz CT molecular complexity index is 1700. The van der Waals surface area contributed by atoms with E-state index in [1.165, 1.54) is 0 Å². The van der Waals surface area contributed by atoms with Crippen LogP contribution in [0.4, 0.5) is 22.7 Å². The summed E-state index contributed by atoms with van der Waals surface area (Å²) in [4.78, 5) is 28.2. The van der Waals surface area contributed by atoms with Crippen LogP contribution in [0.2, 0.25) is 0 Å². The fourth-order valence-corrected chi connectivity index (χ4v) is 5.29. The molecular weight excluding hydrogens is 552 g/mol. The highest BCUT2D eigenvalue weighted by molar-refractivity contribution is 7.92. The number of nitrogens with zero attached hydrogens (tertiary/aromatic N) is 1. The molecule has 2 amide bonds. The van der Waals surface area contributed by atoms with Crippen molar-refractivity contribution in [2.75, 3.05) is 52.8 Å². The van der Waals surface area contributed by atoms with Crippen LogP contribution in [0, 0.1) is 6.92 Å². The van der Waals surface area contributed by atoms with E-state index in [1.807, 2.05) is 55.5 Å². The van der Waals surface area contributed by atoms with E-state index in [0.29, 0.717) is 41.4 Å². The molecule has 216 valence electrons. The van der Waals surface area contributed by atoms with Crippen LogP contribution >= 0.6 is 0 Å². The van der Waals surface area contributed by atoms with E-state index in [2.05, 4.69) is 20.3 Å². The van der Waals surface area contributed by atoms with Gasteiger partial charge in [0, 0.05) is 41.3 Å². The lowest BCUT2D eigenvalue weighted by Crippen LogP contribution is -2.36. The van der Waals surface area contributed by atoms with E-state index >= 15 is 0 Å². The number of morpholine rings is 1. The molecule has 1 aliphatic heterocycles. The predicted molar refractivity (Wildman–Crippen MR) is 167 cm³/mol. The lowest BCUT2D eigenvalue weighted by Gasteiger charge is -2.28. The molecule has 10 heteroatoms. The van der Waals surface area contributed by atoms with Crippen LogP contribution in [0.15, 0.2) is 91.0 Å². The zero-order valence-electron chi connectivity index (χ0n) is 23.4. The maximum Gasteiger partial charge on any atom is 0.255 e. The molecule has 0 saturated carbocycles. The van der Waals surface area contributed by atoms with Crippen molar-refractivity contribution < 1.29 is 22.7 Å². The van der Waals surface area contributed by atoms with Crippen molar-refractivity contribution in [1.29, 1.82) is 0 Å². The van der Waals surface area contributed by atoms with Gasteiger partial charge in [-0.1, -0.05) is 24.3 Å². The molecule has 1 saturated heterocycles. The minimum atomic E-state index is -3.43. The van der Waals surface area contributed by atoms with Crippen LogP contribution in [-0.4, -0.2) is 52.8 Å². The van der Waals surface area contributed by atoms with Gasteiger partial charge in [0.1, 0.15) is 0 Å². The molecule has 5 rings (SSSR count). The van der Waals surface area contributed by atoms with Gasteiger partial charge in [-0.15, -0.1) is 0 Å². The number of amides is 2. The molecule has 0 bridgehead atoms. The molecular formula is C32H32N4O5S. The molecule has 0 atom stereocenters. The number of carbonyl (C=O) groups excluding carboxylic acids is 2. The molecule has 0 spiro atoms.